The molecule has 1 aliphatic heterocycles. The molecule has 0 aromatic carbocycles. The number of pyridine rings is 1. The quantitative estimate of drug-likeness (QED) is 0.794. The molecule has 2 heterocycles. The number of piperidine rings is 1. The lowest BCUT2D eigenvalue weighted by atomic mass is 10.1. The largest absolute Gasteiger partial charge is 0.302 e. The Balaban J connectivity index is 1.95. The van der Waals surface area contributed by atoms with Crippen molar-refractivity contribution in [3.63, 3.8) is 0 Å². The Bertz CT molecular complexity index is 562. The first-order valence-corrected chi connectivity index (χ1v) is 9.17. The van der Waals surface area contributed by atoms with Gasteiger partial charge in [-0.05, 0) is 47.9 Å². The Morgan fingerprint density at radius 1 is 1.35 bits per heavy atom. The summed E-state index contributed by atoms with van der Waals surface area (Å²) >= 11 is 9.04. The molecule has 2 rings (SSSR count). The van der Waals surface area contributed by atoms with Crippen molar-refractivity contribution in [1.29, 1.82) is 0 Å². The number of sulfonamides is 1. The van der Waals surface area contributed by atoms with E-state index in [2.05, 4.69) is 30.5 Å². The van der Waals surface area contributed by atoms with Gasteiger partial charge in [0, 0.05) is 23.8 Å². The third-order valence-corrected chi connectivity index (χ3v) is 5.55. The van der Waals surface area contributed by atoms with Gasteiger partial charge in [0.25, 0.3) is 0 Å². The van der Waals surface area contributed by atoms with Crippen LogP contribution in [0.4, 0.5) is 0 Å². The first kappa shape index (κ1) is 16.2. The Morgan fingerprint density at radius 2 is 2.05 bits per heavy atom. The lowest BCUT2D eigenvalue weighted by Gasteiger charge is -2.26. The van der Waals surface area contributed by atoms with Crippen molar-refractivity contribution < 1.29 is 8.42 Å². The van der Waals surface area contributed by atoms with E-state index in [-0.39, 0.29) is 10.0 Å². The first-order valence-electron chi connectivity index (χ1n) is 6.52. The number of halogens is 2. The molecule has 0 spiro atoms. The summed E-state index contributed by atoms with van der Waals surface area (Å²) in [7, 11) is -3.62. The van der Waals surface area contributed by atoms with Gasteiger partial charge in [0.1, 0.15) is 10.0 Å². The maximum atomic E-state index is 12.2. The topological polar surface area (TPSA) is 62.3 Å². The molecule has 0 amide bonds. The predicted molar refractivity (Wildman–Crippen MR) is 82.4 cm³/mol. The normalized spacial score (nSPS) is 17.3. The number of nitrogens with zero attached hydrogens (tertiary/aromatic N) is 2. The van der Waals surface area contributed by atoms with Crippen LogP contribution >= 0.6 is 27.5 Å². The number of rotatable bonds is 5. The van der Waals surface area contributed by atoms with Crippen molar-refractivity contribution in [3.8, 4) is 0 Å². The summed E-state index contributed by atoms with van der Waals surface area (Å²) in [6.45, 7) is 3.19. The Kier molecular flexibility index (Phi) is 5.80. The third kappa shape index (κ3) is 4.39. The molecule has 112 valence electrons. The van der Waals surface area contributed by atoms with Crippen LogP contribution in [0.3, 0.4) is 0 Å². The van der Waals surface area contributed by atoms with E-state index in [0.29, 0.717) is 11.0 Å². The van der Waals surface area contributed by atoms with Gasteiger partial charge in [0.15, 0.2) is 0 Å². The fourth-order valence-corrected chi connectivity index (χ4v) is 4.15. The van der Waals surface area contributed by atoms with Crippen LogP contribution in [0, 0.1) is 0 Å². The molecule has 1 fully saturated rings. The molecule has 1 aromatic heterocycles. The van der Waals surface area contributed by atoms with Crippen LogP contribution in [-0.2, 0) is 10.0 Å². The molecule has 1 aliphatic rings. The zero-order valence-corrected chi connectivity index (χ0v) is 14.1. The number of likely N-dealkylation sites (tertiary alicyclic amines) is 1. The summed E-state index contributed by atoms with van der Waals surface area (Å²) in [5.41, 5.74) is 0. The highest BCUT2D eigenvalue weighted by Gasteiger charge is 2.19. The molecular weight excluding hydrogens is 366 g/mol. The van der Waals surface area contributed by atoms with Gasteiger partial charge in [-0.15, -0.1) is 0 Å². The fraction of sp³-hybridized carbons (Fsp3) is 0.583. The van der Waals surface area contributed by atoms with Crippen molar-refractivity contribution in [2.24, 2.45) is 0 Å². The molecule has 1 N–H and O–H groups in total. The highest BCUT2D eigenvalue weighted by Crippen LogP contribution is 2.22. The summed E-state index contributed by atoms with van der Waals surface area (Å²) in [6.07, 6.45) is 5.11. The SMILES string of the molecule is O=S(=O)(NCCN1CCCCC1)c1cc(Br)cnc1Cl. The molecule has 1 aromatic rings. The molecule has 1 saturated heterocycles. The monoisotopic (exact) mass is 381 g/mol. The minimum absolute atomic E-state index is 0.00665. The maximum Gasteiger partial charge on any atom is 0.243 e. The molecule has 0 atom stereocenters. The molecule has 0 radical (unpaired) electrons. The smallest absolute Gasteiger partial charge is 0.243 e. The minimum atomic E-state index is -3.62. The Morgan fingerprint density at radius 3 is 2.75 bits per heavy atom. The van der Waals surface area contributed by atoms with Gasteiger partial charge < -0.3 is 4.90 Å². The van der Waals surface area contributed by atoms with Crippen LogP contribution in [0.2, 0.25) is 5.15 Å². The molecule has 5 nitrogen and oxygen atoms in total. The zero-order chi connectivity index (χ0) is 14.6. The molecule has 0 unspecified atom stereocenters. The molecule has 0 saturated carbocycles. The first-order chi connectivity index (χ1) is 9.49. The van der Waals surface area contributed by atoms with Crippen LogP contribution in [-0.4, -0.2) is 44.5 Å². The van der Waals surface area contributed by atoms with Crippen molar-refractivity contribution in [1.82, 2.24) is 14.6 Å². The summed E-state index contributed by atoms with van der Waals surface area (Å²) in [4.78, 5) is 6.11. The zero-order valence-electron chi connectivity index (χ0n) is 11.0. The van der Waals surface area contributed by atoms with E-state index in [1.165, 1.54) is 31.5 Å². The van der Waals surface area contributed by atoms with Gasteiger partial charge in [-0.3, -0.25) is 0 Å². The lowest BCUT2D eigenvalue weighted by Crippen LogP contribution is -2.37. The van der Waals surface area contributed by atoms with Crippen LogP contribution in [0.1, 0.15) is 19.3 Å². The average Bonchev–Trinajstić information content (AvgIpc) is 2.42. The van der Waals surface area contributed by atoms with Gasteiger partial charge >= 0.3 is 0 Å². The number of hydrogen-bond acceptors (Lipinski definition) is 4. The van der Waals surface area contributed by atoms with Crippen molar-refractivity contribution >= 4 is 37.6 Å². The summed E-state index contributed by atoms with van der Waals surface area (Å²) < 4.78 is 27.5. The minimum Gasteiger partial charge on any atom is -0.302 e. The van der Waals surface area contributed by atoms with E-state index < -0.39 is 10.0 Å². The van der Waals surface area contributed by atoms with Gasteiger partial charge in [0.05, 0.1) is 0 Å². The van der Waals surface area contributed by atoms with Gasteiger partial charge in [-0.2, -0.15) is 0 Å². The van der Waals surface area contributed by atoms with E-state index >= 15 is 0 Å². The second kappa shape index (κ2) is 7.17. The lowest BCUT2D eigenvalue weighted by molar-refractivity contribution is 0.233. The van der Waals surface area contributed by atoms with Gasteiger partial charge in [-0.25, -0.2) is 18.1 Å². The van der Waals surface area contributed by atoms with Crippen LogP contribution < -0.4 is 4.72 Å². The van der Waals surface area contributed by atoms with E-state index in [4.69, 9.17) is 11.6 Å². The van der Waals surface area contributed by atoms with Gasteiger partial charge in [-0.1, -0.05) is 18.0 Å². The number of hydrogen-bond donors (Lipinski definition) is 1. The highest BCUT2D eigenvalue weighted by atomic mass is 79.9. The van der Waals surface area contributed by atoms with E-state index in [1.807, 2.05) is 0 Å². The molecule has 0 bridgehead atoms. The molecule has 20 heavy (non-hydrogen) atoms. The Labute approximate surface area is 132 Å². The molecular formula is C12H17BrClN3O2S. The van der Waals surface area contributed by atoms with Crippen LogP contribution in [0.15, 0.2) is 21.6 Å². The summed E-state index contributed by atoms with van der Waals surface area (Å²) in [6, 6.07) is 1.46. The summed E-state index contributed by atoms with van der Waals surface area (Å²) in [5, 5.41) is -0.0151. The van der Waals surface area contributed by atoms with E-state index in [1.54, 1.807) is 0 Å². The average molecular weight is 383 g/mol. The Hall–Kier alpha value is -0.210. The molecule has 0 aliphatic carbocycles. The third-order valence-electron chi connectivity index (χ3n) is 3.23. The standard InChI is InChI=1S/C12H17BrClN3O2S/c13-10-8-11(12(14)15-9-10)20(18,19)16-4-7-17-5-2-1-3-6-17/h8-9,16H,1-7H2. The van der Waals surface area contributed by atoms with E-state index in [9.17, 15) is 8.42 Å². The van der Waals surface area contributed by atoms with E-state index in [0.717, 1.165) is 19.6 Å². The van der Waals surface area contributed by atoms with Gasteiger partial charge in [0.2, 0.25) is 10.0 Å². The van der Waals surface area contributed by atoms with Crippen LogP contribution in [0.5, 0.6) is 0 Å². The number of aromatic nitrogens is 1. The predicted octanol–water partition coefficient (Wildman–Crippen LogP) is 2.26. The molecule has 8 heteroatoms. The second-order valence-corrected chi connectivity index (χ2v) is 7.75. The number of nitrogens with one attached hydrogen (secondary N) is 1. The second-order valence-electron chi connectivity index (χ2n) is 4.74. The fourth-order valence-electron chi connectivity index (χ4n) is 2.19. The van der Waals surface area contributed by atoms with Crippen molar-refractivity contribution in [2.75, 3.05) is 26.2 Å². The van der Waals surface area contributed by atoms with Crippen molar-refractivity contribution in [2.45, 2.75) is 24.2 Å². The highest BCUT2D eigenvalue weighted by molar-refractivity contribution is 9.10. The van der Waals surface area contributed by atoms with Crippen molar-refractivity contribution in [3.05, 3.63) is 21.9 Å². The van der Waals surface area contributed by atoms with Crippen LogP contribution in [0.25, 0.3) is 0 Å². The summed E-state index contributed by atoms with van der Waals surface area (Å²) in [5.74, 6) is 0. The maximum absolute atomic E-state index is 12.2.